The van der Waals surface area contributed by atoms with E-state index >= 15 is 0 Å². The van der Waals surface area contributed by atoms with E-state index in [0.29, 0.717) is 0 Å². The van der Waals surface area contributed by atoms with Crippen LogP contribution in [0.1, 0.15) is 0 Å². The molecule has 0 aliphatic heterocycles. The third-order valence-corrected chi connectivity index (χ3v) is 0. The van der Waals surface area contributed by atoms with Crippen LogP contribution in [0.3, 0.4) is 0 Å². The lowest BCUT2D eigenvalue weighted by molar-refractivity contribution is 2.63. The number of halogens is 4. The Morgan fingerprint density at radius 2 is 1.17 bits per heavy atom. The van der Waals surface area contributed by atoms with Gasteiger partial charge in [0.25, 0.3) is 0 Å². The highest BCUT2D eigenvalue weighted by atomic mass is 35.5. The summed E-state index contributed by atoms with van der Waals surface area (Å²) in [7, 11) is 0. The minimum absolute atomic E-state index is 0. The zero-order valence-electron chi connectivity index (χ0n) is 2.89. The number of rotatable bonds is 0. The van der Waals surface area contributed by atoms with E-state index in [1.165, 1.54) is 5.54 Å². The summed E-state index contributed by atoms with van der Waals surface area (Å²) in [6, 6.07) is 0. The van der Waals surface area contributed by atoms with E-state index in [1.54, 1.807) is 0 Å². The first-order valence-electron chi connectivity index (χ1n) is 0.626. The summed E-state index contributed by atoms with van der Waals surface area (Å²) >= 11 is 4.76. The van der Waals surface area contributed by atoms with Crippen molar-refractivity contribution in [3.63, 3.8) is 0 Å². The van der Waals surface area contributed by atoms with Gasteiger partial charge in [-0.05, 0) is 5.54 Å². The van der Waals surface area contributed by atoms with Crippen molar-refractivity contribution in [2.75, 3.05) is 0 Å². The van der Waals surface area contributed by atoms with Crippen molar-refractivity contribution < 1.29 is 0 Å². The van der Waals surface area contributed by atoms with Gasteiger partial charge in [-0.25, -0.2) is 0 Å². The molecule has 0 unspecified atom stereocenters. The molecule has 0 fully saturated rings. The Labute approximate surface area is 61.2 Å². The molecule has 42 valence electrons. The van der Waals surface area contributed by atoms with Crippen LogP contribution in [0.2, 0.25) is 0 Å². The fraction of sp³-hybridized carbons (Fsp3) is 0. The molecule has 0 spiro atoms. The Hall–Kier alpha value is 0.900. The quantitative estimate of drug-likeness (QED) is 0.526. The molecular weight excluding hydrogens is 166 g/mol. The lowest BCUT2D eigenvalue weighted by atomic mass is 11.3. The van der Waals surface area contributed by atoms with Crippen molar-refractivity contribution in [2.24, 2.45) is 0 Å². The molecule has 0 N–H and O–H groups in total. The average molecular weight is 172 g/mol. The third kappa shape index (κ3) is 92.0. The predicted molar refractivity (Wildman–Crippen MR) is 37.8 cm³/mol. The average Bonchev–Trinajstić information content (AvgIpc) is 0.918. The third-order valence-electron chi connectivity index (χ3n) is 0. The van der Waals surface area contributed by atoms with Crippen LogP contribution >= 0.6 is 48.8 Å². The van der Waals surface area contributed by atoms with Crippen LogP contribution in [-0.2, 0) is 0 Å². The molecule has 6 heavy (non-hydrogen) atoms. The monoisotopic (exact) mass is 170 g/mol. The molecule has 0 aliphatic carbocycles. The summed E-state index contributed by atoms with van der Waals surface area (Å²) in [5.41, 5.74) is 1.22. The van der Waals surface area contributed by atoms with Gasteiger partial charge in [0.1, 0.15) is 0 Å². The molecule has 0 atom stereocenters. The first-order chi connectivity index (χ1) is 1.41. The van der Waals surface area contributed by atoms with Gasteiger partial charge in [0.05, 0.1) is 0 Å². The highest BCUT2D eigenvalue weighted by molar-refractivity contribution is 6.25. The summed E-state index contributed by atoms with van der Waals surface area (Å²) < 4.78 is 0. The molecule has 0 aromatic carbocycles. The molecule has 0 radical (unpaired) electrons. The Kier molecular flexibility index (Phi) is 187. The maximum Gasteiger partial charge on any atom is -0.00296 e. The van der Waals surface area contributed by atoms with E-state index in [2.05, 4.69) is 6.58 Å². The topological polar surface area (TPSA) is 0 Å². The van der Waals surface area contributed by atoms with E-state index in [-0.39, 0.29) is 37.2 Å². The van der Waals surface area contributed by atoms with Crippen molar-refractivity contribution in [1.82, 2.24) is 0 Å². The smallest absolute Gasteiger partial charge is 0.00296 e. The van der Waals surface area contributed by atoms with E-state index in [0.717, 1.165) is 0 Å². The van der Waals surface area contributed by atoms with Crippen LogP contribution in [0.5, 0.6) is 0 Å². The van der Waals surface area contributed by atoms with Crippen LogP contribution in [0.25, 0.3) is 0 Å². The fourth-order valence-electron chi connectivity index (χ4n) is 0. The first-order valence-corrected chi connectivity index (χ1v) is 1.06. The van der Waals surface area contributed by atoms with Gasteiger partial charge in [-0.2, -0.15) is 0 Å². The number of hydrogen-bond acceptors (Lipinski definition) is 0. The van der Waals surface area contributed by atoms with Gasteiger partial charge in [0, 0.05) is 0 Å². The lowest BCUT2D eigenvalue weighted by Gasteiger charge is -1.27. The van der Waals surface area contributed by atoms with Crippen molar-refractivity contribution in [3.8, 4) is 0 Å². The van der Waals surface area contributed by atoms with Gasteiger partial charge in [-0.15, -0.1) is 37.2 Å². The van der Waals surface area contributed by atoms with Crippen molar-refractivity contribution in [2.45, 2.75) is 0 Å². The second-order valence-electron chi connectivity index (χ2n) is 0.154. The Balaban J connectivity index is -0.00000000667. The van der Waals surface area contributed by atoms with Crippen molar-refractivity contribution >= 4 is 48.8 Å². The van der Waals surface area contributed by atoms with Crippen LogP contribution in [0, 0.1) is 0 Å². The first kappa shape index (κ1) is 28.6. The Bertz CT molecular complexity index is 13.0. The van der Waals surface area contributed by atoms with E-state index in [9.17, 15) is 0 Å². The summed E-state index contributed by atoms with van der Waals surface area (Å²) in [5.74, 6) is 0. The van der Waals surface area contributed by atoms with Crippen molar-refractivity contribution in [3.05, 3.63) is 12.1 Å². The summed E-state index contributed by atoms with van der Waals surface area (Å²) in [6.07, 6.45) is 0. The minimum Gasteiger partial charge on any atom is -0.147 e. The minimum atomic E-state index is 0. The normalized spacial score (nSPS) is 2.17. The molecule has 0 rings (SSSR count). The molecule has 0 bridgehead atoms. The zero-order valence-corrected chi connectivity index (χ0v) is 6.09. The second-order valence-corrected chi connectivity index (χ2v) is 0.463. The standard InChI is InChI=1S/C2H3Cl.3ClH/c1-2-3;;;/h2H,1H2;3*1H. The van der Waals surface area contributed by atoms with Gasteiger partial charge >= 0.3 is 0 Å². The molecule has 0 saturated heterocycles. The molecule has 0 aromatic rings. The number of hydrogen-bond donors (Lipinski definition) is 0. The molecule has 0 aliphatic rings. The molecular formula is C2H6Cl4. The maximum absolute atomic E-state index is 4.76. The van der Waals surface area contributed by atoms with Gasteiger partial charge in [0.2, 0.25) is 0 Å². The lowest BCUT2D eigenvalue weighted by Crippen LogP contribution is -0.926. The van der Waals surface area contributed by atoms with Crippen LogP contribution < -0.4 is 0 Å². The molecule has 0 aromatic heterocycles. The highest BCUT2D eigenvalue weighted by Gasteiger charge is 1.18. The van der Waals surface area contributed by atoms with Gasteiger partial charge in [-0.3, -0.25) is 0 Å². The predicted octanol–water partition coefficient (Wildman–Crippen LogP) is 2.63. The molecule has 0 amide bonds. The molecule has 0 nitrogen and oxygen atoms in total. The van der Waals surface area contributed by atoms with Gasteiger partial charge in [-0.1, -0.05) is 18.2 Å². The van der Waals surface area contributed by atoms with Crippen LogP contribution in [-0.4, -0.2) is 0 Å². The van der Waals surface area contributed by atoms with Gasteiger partial charge in [0.15, 0.2) is 0 Å². The largest absolute Gasteiger partial charge is 0.147 e. The second kappa shape index (κ2) is 39.2. The summed E-state index contributed by atoms with van der Waals surface area (Å²) in [5, 5.41) is 0. The Morgan fingerprint density at radius 3 is 1.17 bits per heavy atom. The molecule has 4 heteroatoms. The molecule has 0 saturated carbocycles. The summed E-state index contributed by atoms with van der Waals surface area (Å²) in [6.45, 7) is 3.13. The van der Waals surface area contributed by atoms with E-state index < -0.39 is 0 Å². The molecule has 0 heterocycles. The van der Waals surface area contributed by atoms with E-state index in [1.807, 2.05) is 0 Å². The summed E-state index contributed by atoms with van der Waals surface area (Å²) in [4.78, 5) is 0. The van der Waals surface area contributed by atoms with Crippen LogP contribution in [0.4, 0.5) is 0 Å². The fourth-order valence-corrected chi connectivity index (χ4v) is 0. The van der Waals surface area contributed by atoms with E-state index in [4.69, 9.17) is 11.6 Å². The van der Waals surface area contributed by atoms with Crippen LogP contribution in [0.15, 0.2) is 12.1 Å². The maximum atomic E-state index is 4.76. The Morgan fingerprint density at radius 1 is 1.17 bits per heavy atom. The SMILES string of the molecule is C=CCl.Cl.Cl.Cl. The zero-order chi connectivity index (χ0) is 2.71. The highest BCUT2D eigenvalue weighted by Crippen LogP contribution is 1.60. The van der Waals surface area contributed by atoms with Crippen molar-refractivity contribution in [1.29, 1.82) is 0 Å². The van der Waals surface area contributed by atoms with Gasteiger partial charge < -0.3 is 0 Å².